The molecule has 0 saturated carbocycles. The van der Waals surface area contributed by atoms with Crippen molar-refractivity contribution in [3.05, 3.63) is 32.1 Å². The maximum Gasteiger partial charge on any atom is 0.330 e. The summed E-state index contributed by atoms with van der Waals surface area (Å²) in [4.78, 5) is 38.1. The summed E-state index contributed by atoms with van der Waals surface area (Å²) in [6.07, 6.45) is 24.2. The third-order valence-corrected chi connectivity index (χ3v) is 8.13. The second-order valence-corrected chi connectivity index (χ2v) is 11.7. The van der Waals surface area contributed by atoms with E-state index >= 15 is 0 Å². The highest BCUT2D eigenvalue weighted by molar-refractivity contribution is 6.30. The number of ether oxygens (including phenoxy) is 2. The van der Waals surface area contributed by atoms with Gasteiger partial charge in [-0.25, -0.2) is 4.79 Å². The monoisotopic (exact) mass is 584 g/mol. The van der Waals surface area contributed by atoms with E-state index in [1.54, 1.807) is 0 Å². The van der Waals surface area contributed by atoms with Gasteiger partial charge in [-0.15, -0.1) is 0 Å². The third kappa shape index (κ3) is 13.8. The fraction of sp³-hybridized carbons (Fsp3) is 0.839. The fourth-order valence-electron chi connectivity index (χ4n) is 5.41. The lowest BCUT2D eigenvalue weighted by Crippen LogP contribution is -2.32. The Morgan fingerprint density at radius 3 is 1.85 bits per heavy atom. The molecule has 1 aromatic rings. The average Bonchev–Trinajstić information content (AvgIpc) is 3.34. The van der Waals surface area contributed by atoms with Crippen LogP contribution in [0.4, 0.5) is 0 Å². The van der Waals surface area contributed by atoms with Crippen molar-refractivity contribution in [2.75, 3.05) is 6.61 Å². The van der Waals surface area contributed by atoms with E-state index in [1.807, 2.05) is 0 Å². The Kier molecular flexibility index (Phi) is 18.2. The van der Waals surface area contributed by atoms with Crippen LogP contribution in [-0.4, -0.2) is 39.4 Å². The van der Waals surface area contributed by atoms with Crippen molar-refractivity contribution < 1.29 is 19.4 Å². The molecule has 0 amide bonds. The quantitative estimate of drug-likeness (QED) is 0.104. The van der Waals surface area contributed by atoms with Gasteiger partial charge >= 0.3 is 11.7 Å². The van der Waals surface area contributed by atoms with Crippen molar-refractivity contribution in [3.63, 3.8) is 0 Å². The molecule has 1 aliphatic heterocycles. The van der Waals surface area contributed by atoms with Crippen molar-refractivity contribution in [1.29, 1.82) is 0 Å². The molecule has 1 unspecified atom stereocenters. The van der Waals surface area contributed by atoms with Gasteiger partial charge in [0.25, 0.3) is 5.56 Å². The molecule has 230 valence electrons. The Balaban J connectivity index is 1.43. The van der Waals surface area contributed by atoms with Crippen LogP contribution in [0.5, 0.6) is 0 Å². The number of aromatic amines is 1. The zero-order valence-electron chi connectivity index (χ0n) is 24.7. The van der Waals surface area contributed by atoms with Gasteiger partial charge in [0.05, 0.1) is 6.61 Å². The first-order valence-corrected chi connectivity index (χ1v) is 16.3. The summed E-state index contributed by atoms with van der Waals surface area (Å²) >= 11 is 5.83. The van der Waals surface area contributed by atoms with E-state index in [0.717, 1.165) is 23.8 Å². The second-order valence-electron chi connectivity index (χ2n) is 11.3. The molecule has 1 saturated heterocycles. The van der Waals surface area contributed by atoms with Crippen LogP contribution in [-0.2, 0) is 14.3 Å². The van der Waals surface area contributed by atoms with Gasteiger partial charge in [0, 0.05) is 19.0 Å². The van der Waals surface area contributed by atoms with E-state index in [9.17, 15) is 19.5 Å². The number of aliphatic hydroxyl groups excluding tert-OH is 1. The molecule has 3 atom stereocenters. The summed E-state index contributed by atoms with van der Waals surface area (Å²) < 4.78 is 12.4. The standard InChI is InChI=1S/C31H53ClN2O6/c1-2-3-4-5-6-7-8-9-10-11-12-13-14-15-16-17-18-19-20-21-29(36)40-26-22-28(39-27(26)24-35)34-23-25(32)30(37)33-31(34)38/h23,26-28,35H,2-22,24H2,1H3,(H,33,37,38)/t26?,27-,28-/m0/s1. The minimum Gasteiger partial charge on any atom is -0.459 e. The lowest BCUT2D eigenvalue weighted by molar-refractivity contribution is -0.153. The van der Waals surface area contributed by atoms with Crippen molar-refractivity contribution in [2.45, 2.75) is 160 Å². The van der Waals surface area contributed by atoms with Crippen LogP contribution >= 0.6 is 11.6 Å². The minimum atomic E-state index is -0.785. The topological polar surface area (TPSA) is 111 Å². The highest BCUT2D eigenvalue weighted by Gasteiger charge is 2.39. The van der Waals surface area contributed by atoms with Crippen LogP contribution in [0.15, 0.2) is 15.8 Å². The Morgan fingerprint density at radius 2 is 1.38 bits per heavy atom. The van der Waals surface area contributed by atoms with Crippen LogP contribution in [0.2, 0.25) is 5.02 Å². The number of nitrogens with zero attached hydrogens (tertiary/aromatic N) is 1. The molecule has 0 bridgehead atoms. The number of esters is 1. The number of rotatable bonds is 23. The predicted molar refractivity (Wildman–Crippen MR) is 160 cm³/mol. The maximum atomic E-state index is 12.4. The first-order chi connectivity index (χ1) is 19.5. The molecule has 1 aromatic heterocycles. The summed E-state index contributed by atoms with van der Waals surface area (Å²) in [5, 5.41) is 9.49. The Bertz CT molecular complexity index is 933. The average molecular weight is 585 g/mol. The lowest BCUT2D eigenvalue weighted by Gasteiger charge is -2.16. The van der Waals surface area contributed by atoms with Gasteiger partial charge in [0.1, 0.15) is 23.5 Å². The Hall–Kier alpha value is -1.64. The molecule has 0 radical (unpaired) electrons. The highest BCUT2D eigenvalue weighted by atomic mass is 35.5. The van der Waals surface area contributed by atoms with Gasteiger partial charge in [0.15, 0.2) is 0 Å². The molecule has 8 nitrogen and oxygen atoms in total. The van der Waals surface area contributed by atoms with Gasteiger partial charge in [0.2, 0.25) is 0 Å². The van der Waals surface area contributed by atoms with Crippen molar-refractivity contribution in [1.82, 2.24) is 9.55 Å². The zero-order chi connectivity index (χ0) is 29.0. The van der Waals surface area contributed by atoms with Crippen LogP contribution in [0.25, 0.3) is 0 Å². The summed E-state index contributed by atoms with van der Waals surface area (Å²) in [5.74, 6) is -0.327. The lowest BCUT2D eigenvalue weighted by atomic mass is 10.0. The SMILES string of the molecule is CCCCCCCCCCCCCCCCCCCCCC(=O)OC1C[C@@H](n2cc(Cl)c(=O)[nH]c2=O)O[C@H]1CO. The van der Waals surface area contributed by atoms with E-state index < -0.39 is 29.7 Å². The van der Waals surface area contributed by atoms with Crippen molar-refractivity contribution >= 4 is 17.6 Å². The van der Waals surface area contributed by atoms with Crippen LogP contribution in [0.3, 0.4) is 0 Å². The number of aliphatic hydroxyl groups is 1. The number of carbonyl (C=O) groups is 1. The van der Waals surface area contributed by atoms with E-state index in [4.69, 9.17) is 21.1 Å². The summed E-state index contributed by atoms with van der Waals surface area (Å²) in [6.45, 7) is 1.92. The highest BCUT2D eigenvalue weighted by Crippen LogP contribution is 2.30. The van der Waals surface area contributed by atoms with Crippen molar-refractivity contribution in [2.24, 2.45) is 0 Å². The largest absolute Gasteiger partial charge is 0.459 e. The van der Waals surface area contributed by atoms with Crippen LogP contribution in [0, 0.1) is 0 Å². The second kappa shape index (κ2) is 21.1. The molecule has 0 spiro atoms. The molecule has 1 fully saturated rings. The van der Waals surface area contributed by atoms with E-state index in [2.05, 4.69) is 11.9 Å². The molecular formula is C31H53ClN2O6. The van der Waals surface area contributed by atoms with E-state index in [0.29, 0.717) is 6.42 Å². The van der Waals surface area contributed by atoms with Gasteiger partial charge in [-0.1, -0.05) is 134 Å². The number of hydrogen-bond acceptors (Lipinski definition) is 6. The first kappa shape index (κ1) is 34.6. The molecule has 0 aromatic carbocycles. The van der Waals surface area contributed by atoms with E-state index in [1.165, 1.54) is 109 Å². The number of carbonyl (C=O) groups excluding carboxylic acids is 1. The number of H-pyrrole nitrogens is 1. The molecular weight excluding hydrogens is 532 g/mol. The molecule has 2 heterocycles. The van der Waals surface area contributed by atoms with Gasteiger partial charge in [-0.05, 0) is 6.42 Å². The number of aromatic nitrogens is 2. The molecule has 40 heavy (non-hydrogen) atoms. The summed E-state index contributed by atoms with van der Waals surface area (Å²) in [7, 11) is 0. The van der Waals surface area contributed by atoms with E-state index in [-0.39, 0.29) is 24.0 Å². The van der Waals surface area contributed by atoms with Crippen LogP contribution < -0.4 is 11.2 Å². The number of hydrogen-bond donors (Lipinski definition) is 2. The van der Waals surface area contributed by atoms with Crippen LogP contribution in [0.1, 0.15) is 148 Å². The van der Waals surface area contributed by atoms with Crippen molar-refractivity contribution in [3.8, 4) is 0 Å². The zero-order valence-corrected chi connectivity index (χ0v) is 25.4. The Morgan fingerprint density at radius 1 is 0.900 bits per heavy atom. The molecule has 0 aliphatic carbocycles. The minimum absolute atomic E-state index is 0.145. The van der Waals surface area contributed by atoms with Gasteiger partial charge in [-0.2, -0.15) is 0 Å². The molecule has 1 aliphatic rings. The molecule has 2 rings (SSSR count). The summed E-state index contributed by atoms with van der Waals surface area (Å²) in [6, 6.07) is 0. The number of nitrogens with one attached hydrogen (secondary N) is 1. The fourth-order valence-corrected chi connectivity index (χ4v) is 5.56. The van der Waals surface area contributed by atoms with Gasteiger partial charge < -0.3 is 14.6 Å². The summed E-state index contributed by atoms with van der Waals surface area (Å²) in [5.41, 5.74) is -1.35. The maximum absolute atomic E-state index is 12.4. The first-order valence-electron chi connectivity index (χ1n) is 15.9. The predicted octanol–water partition coefficient (Wildman–Crippen LogP) is 7.20. The molecule has 2 N–H and O–H groups in total. The smallest absolute Gasteiger partial charge is 0.330 e. The Labute approximate surface area is 245 Å². The number of unbranched alkanes of at least 4 members (excludes halogenated alkanes) is 18. The normalized spacial score (nSPS) is 18.8. The number of halogens is 1. The third-order valence-electron chi connectivity index (χ3n) is 7.86. The molecule has 9 heteroatoms. The van der Waals surface area contributed by atoms with Gasteiger partial charge in [-0.3, -0.25) is 19.1 Å².